The highest BCUT2D eigenvalue weighted by Gasteiger charge is 2.38. The Balaban J connectivity index is 1.91. The predicted octanol–water partition coefficient (Wildman–Crippen LogP) is 3.14. The number of nitrogens with one attached hydrogen (secondary N) is 1. The molecular weight excluding hydrogens is 424 g/mol. The molecule has 2 heterocycles. The van der Waals surface area contributed by atoms with Crippen molar-refractivity contribution < 1.29 is 28.5 Å². The number of methoxy groups -OCH3 is 3. The molecule has 0 bridgehead atoms. The van der Waals surface area contributed by atoms with Crippen LogP contribution in [0, 0.1) is 0 Å². The zero-order valence-corrected chi connectivity index (χ0v) is 20.2. The van der Waals surface area contributed by atoms with Crippen LogP contribution in [-0.2, 0) is 19.1 Å². The minimum Gasteiger partial charge on any atom is -0.493 e. The van der Waals surface area contributed by atoms with Crippen LogP contribution < -0.4 is 14.8 Å². The van der Waals surface area contributed by atoms with E-state index in [-0.39, 0.29) is 0 Å². The summed E-state index contributed by atoms with van der Waals surface area (Å²) in [6.45, 7) is 7.21. The number of allylic oxidation sites excluding steroid dienone is 2. The van der Waals surface area contributed by atoms with Crippen molar-refractivity contribution in [2.45, 2.75) is 39.0 Å². The Kier molecular flexibility index (Phi) is 8.38. The maximum atomic E-state index is 12.7. The molecule has 33 heavy (non-hydrogen) atoms. The van der Waals surface area contributed by atoms with Crippen molar-refractivity contribution in [1.29, 1.82) is 0 Å². The molecule has 0 spiro atoms. The molecule has 1 aromatic carbocycles. The first-order chi connectivity index (χ1) is 15.9. The molecule has 2 aliphatic rings. The fourth-order valence-electron chi connectivity index (χ4n) is 4.54. The molecule has 0 amide bonds. The summed E-state index contributed by atoms with van der Waals surface area (Å²) in [4.78, 5) is 27.8. The van der Waals surface area contributed by atoms with Crippen molar-refractivity contribution in [2.75, 3.05) is 47.6 Å². The Morgan fingerprint density at radius 3 is 2.09 bits per heavy atom. The van der Waals surface area contributed by atoms with Crippen molar-refractivity contribution in [3.8, 4) is 11.5 Å². The standard InChI is InChI=1S/C25H34N2O6/c1-16-21(24(28)31-4)23(22(17(2)26-16)25(29)32-5)18-9-10-19(20(15-18)30-3)33-14-13-27-11-7-6-8-12-27/h9-10,15,23,26H,6-8,11-14H2,1-5H3. The molecule has 0 aromatic heterocycles. The molecule has 1 fully saturated rings. The van der Waals surface area contributed by atoms with Crippen molar-refractivity contribution in [2.24, 2.45) is 0 Å². The maximum Gasteiger partial charge on any atom is 0.336 e. The topological polar surface area (TPSA) is 86.3 Å². The van der Waals surface area contributed by atoms with Crippen LogP contribution in [0.1, 0.15) is 44.6 Å². The Bertz CT molecular complexity index is 908. The number of carbonyl (C=O) groups is 2. The average Bonchev–Trinajstić information content (AvgIpc) is 2.83. The molecule has 180 valence electrons. The van der Waals surface area contributed by atoms with Gasteiger partial charge >= 0.3 is 11.9 Å². The zero-order valence-electron chi connectivity index (χ0n) is 20.2. The highest BCUT2D eigenvalue weighted by Crippen LogP contribution is 2.41. The lowest BCUT2D eigenvalue weighted by atomic mass is 9.80. The van der Waals surface area contributed by atoms with Gasteiger partial charge in [0.25, 0.3) is 0 Å². The Morgan fingerprint density at radius 1 is 0.939 bits per heavy atom. The second kappa shape index (κ2) is 11.2. The Hall–Kier alpha value is -3.00. The Labute approximate surface area is 195 Å². The number of dihydropyridines is 1. The Morgan fingerprint density at radius 2 is 1.55 bits per heavy atom. The SMILES string of the molecule is COC(=O)C1=C(C)NC(C)=C(C(=O)OC)C1c1ccc(OCCN2CCCCC2)c(OC)c1. The maximum absolute atomic E-state index is 12.7. The van der Waals surface area contributed by atoms with E-state index < -0.39 is 17.9 Å². The van der Waals surface area contributed by atoms with Gasteiger partial charge in [-0.1, -0.05) is 12.5 Å². The van der Waals surface area contributed by atoms with Gasteiger partial charge in [-0.3, -0.25) is 4.90 Å². The zero-order chi connectivity index (χ0) is 24.0. The molecule has 0 aliphatic carbocycles. The molecule has 0 unspecified atom stereocenters. The summed E-state index contributed by atoms with van der Waals surface area (Å²) >= 11 is 0. The van der Waals surface area contributed by atoms with Crippen LogP contribution in [0.25, 0.3) is 0 Å². The molecule has 0 saturated carbocycles. The number of hydrogen-bond donors (Lipinski definition) is 1. The third kappa shape index (κ3) is 5.50. The minimum absolute atomic E-state index is 0.351. The molecule has 1 saturated heterocycles. The van der Waals surface area contributed by atoms with Gasteiger partial charge < -0.3 is 24.3 Å². The molecular formula is C25H34N2O6. The largest absolute Gasteiger partial charge is 0.493 e. The fourth-order valence-corrected chi connectivity index (χ4v) is 4.54. The molecule has 1 aromatic rings. The van der Waals surface area contributed by atoms with Gasteiger partial charge in [-0.05, 0) is 57.5 Å². The van der Waals surface area contributed by atoms with Gasteiger partial charge in [0, 0.05) is 17.9 Å². The molecule has 2 aliphatic heterocycles. The van der Waals surface area contributed by atoms with Gasteiger partial charge in [-0.15, -0.1) is 0 Å². The molecule has 8 heteroatoms. The third-order valence-corrected chi connectivity index (χ3v) is 6.21. The summed E-state index contributed by atoms with van der Waals surface area (Å²) in [7, 11) is 4.22. The van der Waals surface area contributed by atoms with E-state index in [2.05, 4.69) is 10.2 Å². The van der Waals surface area contributed by atoms with E-state index >= 15 is 0 Å². The number of rotatable bonds is 8. The van der Waals surface area contributed by atoms with Crippen LogP contribution in [0.3, 0.4) is 0 Å². The molecule has 0 atom stereocenters. The van der Waals surface area contributed by atoms with E-state index in [1.807, 2.05) is 12.1 Å². The third-order valence-electron chi connectivity index (χ3n) is 6.21. The molecule has 3 rings (SSSR count). The lowest BCUT2D eigenvalue weighted by molar-refractivity contribution is -0.137. The van der Waals surface area contributed by atoms with E-state index in [4.69, 9.17) is 18.9 Å². The second-order valence-corrected chi connectivity index (χ2v) is 8.28. The second-order valence-electron chi connectivity index (χ2n) is 8.28. The number of likely N-dealkylation sites (tertiary alicyclic amines) is 1. The van der Waals surface area contributed by atoms with Gasteiger partial charge in [0.05, 0.1) is 38.4 Å². The van der Waals surface area contributed by atoms with Gasteiger partial charge in [0.15, 0.2) is 11.5 Å². The molecule has 1 N–H and O–H groups in total. The van der Waals surface area contributed by atoms with E-state index in [0.717, 1.165) is 19.6 Å². The fraction of sp³-hybridized carbons (Fsp3) is 0.520. The quantitative estimate of drug-likeness (QED) is 0.595. The van der Waals surface area contributed by atoms with Gasteiger partial charge in [-0.2, -0.15) is 0 Å². The summed E-state index contributed by atoms with van der Waals surface area (Å²) in [5.74, 6) is -0.539. The smallest absolute Gasteiger partial charge is 0.336 e. The van der Waals surface area contributed by atoms with Crippen LogP contribution in [-0.4, -0.2) is 64.4 Å². The van der Waals surface area contributed by atoms with E-state index in [1.165, 1.54) is 33.5 Å². The summed E-state index contributed by atoms with van der Waals surface area (Å²) < 4.78 is 21.7. The summed E-state index contributed by atoms with van der Waals surface area (Å²) in [6.07, 6.45) is 3.77. The number of carbonyl (C=O) groups excluding carboxylic acids is 2. The summed E-state index contributed by atoms with van der Waals surface area (Å²) in [6, 6.07) is 5.47. The first-order valence-electron chi connectivity index (χ1n) is 11.3. The van der Waals surface area contributed by atoms with Gasteiger partial charge in [-0.25, -0.2) is 9.59 Å². The monoisotopic (exact) mass is 458 g/mol. The predicted molar refractivity (Wildman–Crippen MR) is 124 cm³/mol. The first kappa shape index (κ1) is 24.6. The van der Waals surface area contributed by atoms with Crippen molar-refractivity contribution in [3.63, 3.8) is 0 Å². The summed E-state index contributed by atoms with van der Waals surface area (Å²) in [5.41, 5.74) is 2.65. The highest BCUT2D eigenvalue weighted by atomic mass is 16.5. The molecule has 0 radical (unpaired) electrons. The number of benzene rings is 1. The lowest BCUT2D eigenvalue weighted by Gasteiger charge is -2.30. The van der Waals surface area contributed by atoms with Crippen LogP contribution in [0.15, 0.2) is 40.7 Å². The molecule has 8 nitrogen and oxygen atoms in total. The van der Waals surface area contributed by atoms with Crippen LogP contribution in [0.5, 0.6) is 11.5 Å². The summed E-state index contributed by atoms with van der Waals surface area (Å²) in [5, 5.41) is 3.11. The highest BCUT2D eigenvalue weighted by molar-refractivity contribution is 5.99. The van der Waals surface area contributed by atoms with Gasteiger partial charge in [0.1, 0.15) is 6.61 Å². The normalized spacial score (nSPS) is 17.5. The number of nitrogens with zero attached hydrogens (tertiary/aromatic N) is 1. The number of esters is 2. The van der Waals surface area contributed by atoms with Crippen LogP contribution >= 0.6 is 0 Å². The van der Waals surface area contributed by atoms with E-state index in [0.29, 0.717) is 46.2 Å². The van der Waals surface area contributed by atoms with Crippen LogP contribution in [0.4, 0.5) is 0 Å². The average molecular weight is 459 g/mol. The van der Waals surface area contributed by atoms with Crippen molar-refractivity contribution in [3.05, 3.63) is 46.3 Å². The lowest BCUT2D eigenvalue weighted by Crippen LogP contribution is -2.33. The number of hydrogen-bond acceptors (Lipinski definition) is 8. The van der Waals surface area contributed by atoms with Crippen molar-refractivity contribution in [1.82, 2.24) is 10.2 Å². The van der Waals surface area contributed by atoms with E-state index in [9.17, 15) is 9.59 Å². The minimum atomic E-state index is -0.664. The van der Waals surface area contributed by atoms with Gasteiger partial charge in [0.2, 0.25) is 0 Å². The first-order valence-corrected chi connectivity index (χ1v) is 11.3. The number of ether oxygens (including phenoxy) is 4. The number of piperidine rings is 1. The van der Waals surface area contributed by atoms with Crippen LogP contribution in [0.2, 0.25) is 0 Å². The van der Waals surface area contributed by atoms with E-state index in [1.54, 1.807) is 27.0 Å². The van der Waals surface area contributed by atoms with Crippen molar-refractivity contribution >= 4 is 11.9 Å².